The molecule has 0 unspecified atom stereocenters. The highest BCUT2D eigenvalue weighted by molar-refractivity contribution is 5.50. The molecule has 3 aromatic rings. The van der Waals surface area contributed by atoms with E-state index in [-0.39, 0.29) is 12.1 Å². The zero-order chi connectivity index (χ0) is 21.8. The third kappa shape index (κ3) is 4.37. The van der Waals surface area contributed by atoms with E-state index in [0.717, 1.165) is 29.9 Å². The van der Waals surface area contributed by atoms with Gasteiger partial charge in [-0.1, -0.05) is 43.3 Å². The fourth-order valence-electron chi connectivity index (χ4n) is 4.55. The summed E-state index contributed by atoms with van der Waals surface area (Å²) in [5.74, 6) is 2.58. The lowest BCUT2D eigenvalue weighted by atomic mass is 9.82. The minimum atomic E-state index is 0.0993. The first-order valence-electron chi connectivity index (χ1n) is 10.7. The van der Waals surface area contributed by atoms with E-state index in [1.165, 1.54) is 16.7 Å². The Kier molecular flexibility index (Phi) is 6.42. The molecule has 162 valence electrons. The van der Waals surface area contributed by atoms with Crippen molar-refractivity contribution in [2.75, 3.05) is 21.3 Å². The number of hydrogen-bond donors (Lipinski definition) is 1. The van der Waals surface area contributed by atoms with Crippen LogP contribution in [0.4, 0.5) is 0 Å². The smallest absolute Gasteiger partial charge is 0.217 e. The van der Waals surface area contributed by atoms with Crippen molar-refractivity contribution >= 4 is 0 Å². The van der Waals surface area contributed by atoms with E-state index in [0.29, 0.717) is 11.8 Å². The van der Waals surface area contributed by atoms with Gasteiger partial charge in [-0.3, -0.25) is 0 Å². The third-order valence-corrected chi connectivity index (χ3v) is 6.17. The van der Waals surface area contributed by atoms with Gasteiger partial charge in [0.2, 0.25) is 5.88 Å². The number of nitrogens with zero attached hydrogens (tertiary/aromatic N) is 1. The Bertz CT molecular complexity index is 1020. The average Bonchev–Trinajstić information content (AvgIpc) is 2.83. The molecular weight excluding hydrogens is 388 g/mol. The van der Waals surface area contributed by atoms with Gasteiger partial charge < -0.3 is 19.5 Å². The fraction of sp³-hybridized carbons (Fsp3) is 0.346. The van der Waals surface area contributed by atoms with Crippen molar-refractivity contribution in [1.29, 1.82) is 0 Å². The minimum Gasteiger partial charge on any atom is -0.493 e. The van der Waals surface area contributed by atoms with Crippen molar-refractivity contribution in [3.8, 4) is 17.4 Å². The SMILES string of the molecule is COc1cc2c(cc1OC)[C@@H](C[C@@H](C)c1ccccc1)N[C@@H](c1cccnc1OC)C2. The summed E-state index contributed by atoms with van der Waals surface area (Å²) in [6.07, 6.45) is 3.56. The minimum absolute atomic E-state index is 0.0993. The highest BCUT2D eigenvalue weighted by Gasteiger charge is 2.31. The van der Waals surface area contributed by atoms with Gasteiger partial charge in [0.15, 0.2) is 11.5 Å². The monoisotopic (exact) mass is 418 g/mol. The lowest BCUT2D eigenvalue weighted by Crippen LogP contribution is -2.34. The number of rotatable bonds is 7. The quantitative estimate of drug-likeness (QED) is 0.569. The first-order chi connectivity index (χ1) is 15.1. The molecule has 0 saturated heterocycles. The Morgan fingerprint density at radius 1 is 0.935 bits per heavy atom. The second kappa shape index (κ2) is 9.40. The van der Waals surface area contributed by atoms with Gasteiger partial charge in [0.25, 0.3) is 0 Å². The summed E-state index contributed by atoms with van der Waals surface area (Å²) in [5.41, 5.74) is 4.94. The summed E-state index contributed by atoms with van der Waals surface area (Å²) in [4.78, 5) is 4.42. The number of pyridine rings is 1. The molecule has 5 heteroatoms. The molecular formula is C26H30N2O3. The van der Waals surface area contributed by atoms with E-state index in [1.807, 2.05) is 6.07 Å². The van der Waals surface area contributed by atoms with Crippen molar-refractivity contribution < 1.29 is 14.2 Å². The number of aromatic nitrogens is 1. The number of nitrogens with one attached hydrogen (secondary N) is 1. The zero-order valence-electron chi connectivity index (χ0n) is 18.6. The normalized spacial score (nSPS) is 18.7. The van der Waals surface area contributed by atoms with Gasteiger partial charge in [-0.25, -0.2) is 4.98 Å². The Balaban J connectivity index is 1.73. The molecule has 0 bridgehead atoms. The number of methoxy groups -OCH3 is 3. The standard InChI is InChI=1S/C26H30N2O3/c1-17(18-9-6-5-7-10-18)13-22-21-16-25(30-3)24(29-2)15-19(21)14-23(28-22)20-11-8-12-27-26(20)31-4/h5-12,15-17,22-23,28H,13-14H2,1-4H3/t17-,22-,23-/m1/s1. The molecule has 0 radical (unpaired) electrons. The van der Waals surface area contributed by atoms with E-state index < -0.39 is 0 Å². The maximum Gasteiger partial charge on any atom is 0.217 e. The van der Waals surface area contributed by atoms with E-state index in [2.05, 4.69) is 65.8 Å². The van der Waals surface area contributed by atoms with Crippen molar-refractivity contribution in [3.05, 3.63) is 83.0 Å². The Hall–Kier alpha value is -3.05. The van der Waals surface area contributed by atoms with Crippen LogP contribution in [0.5, 0.6) is 17.4 Å². The lowest BCUT2D eigenvalue weighted by Gasteiger charge is -2.36. The molecule has 4 rings (SSSR count). The van der Waals surface area contributed by atoms with Gasteiger partial charge in [-0.2, -0.15) is 0 Å². The van der Waals surface area contributed by atoms with Crippen LogP contribution in [-0.2, 0) is 6.42 Å². The number of hydrogen-bond acceptors (Lipinski definition) is 5. The second-order valence-corrected chi connectivity index (χ2v) is 8.03. The van der Waals surface area contributed by atoms with Crippen LogP contribution in [0.3, 0.4) is 0 Å². The zero-order valence-corrected chi connectivity index (χ0v) is 18.6. The van der Waals surface area contributed by atoms with Crippen LogP contribution in [-0.4, -0.2) is 26.3 Å². The molecule has 0 aliphatic carbocycles. The molecule has 0 saturated carbocycles. The van der Waals surface area contributed by atoms with Gasteiger partial charge in [0, 0.05) is 23.8 Å². The molecule has 0 fully saturated rings. The van der Waals surface area contributed by atoms with E-state index in [4.69, 9.17) is 14.2 Å². The van der Waals surface area contributed by atoms with Crippen molar-refractivity contribution in [2.24, 2.45) is 0 Å². The van der Waals surface area contributed by atoms with Crippen molar-refractivity contribution in [1.82, 2.24) is 10.3 Å². The maximum absolute atomic E-state index is 5.61. The summed E-state index contributed by atoms with van der Waals surface area (Å²) in [6, 6.07) is 19.2. The molecule has 1 aromatic heterocycles. The third-order valence-electron chi connectivity index (χ3n) is 6.17. The Morgan fingerprint density at radius 2 is 1.68 bits per heavy atom. The van der Waals surface area contributed by atoms with Crippen molar-refractivity contribution in [2.45, 2.75) is 37.8 Å². The van der Waals surface area contributed by atoms with Crippen LogP contribution in [0.1, 0.15) is 53.6 Å². The van der Waals surface area contributed by atoms with E-state index in [1.54, 1.807) is 27.5 Å². The van der Waals surface area contributed by atoms with Gasteiger partial charge in [-0.15, -0.1) is 0 Å². The largest absolute Gasteiger partial charge is 0.493 e. The van der Waals surface area contributed by atoms with Crippen molar-refractivity contribution in [3.63, 3.8) is 0 Å². The second-order valence-electron chi connectivity index (χ2n) is 8.03. The predicted molar refractivity (Wildman–Crippen MR) is 122 cm³/mol. The Morgan fingerprint density at radius 3 is 2.39 bits per heavy atom. The number of benzene rings is 2. The molecule has 1 N–H and O–H groups in total. The van der Waals surface area contributed by atoms with E-state index >= 15 is 0 Å². The van der Waals surface area contributed by atoms with Crippen LogP contribution < -0.4 is 19.5 Å². The summed E-state index contributed by atoms with van der Waals surface area (Å²) >= 11 is 0. The molecule has 31 heavy (non-hydrogen) atoms. The van der Waals surface area contributed by atoms with Gasteiger partial charge >= 0.3 is 0 Å². The summed E-state index contributed by atoms with van der Waals surface area (Å²) in [5, 5.41) is 3.87. The highest BCUT2D eigenvalue weighted by atomic mass is 16.5. The fourth-order valence-corrected chi connectivity index (χ4v) is 4.55. The van der Waals surface area contributed by atoms with Crippen LogP contribution in [0, 0.1) is 0 Å². The van der Waals surface area contributed by atoms with Gasteiger partial charge in [0.1, 0.15) is 0 Å². The predicted octanol–water partition coefficient (Wildman–Crippen LogP) is 5.23. The summed E-state index contributed by atoms with van der Waals surface area (Å²) < 4.78 is 16.8. The molecule has 5 nitrogen and oxygen atoms in total. The van der Waals surface area contributed by atoms with Crippen LogP contribution in [0.2, 0.25) is 0 Å². The molecule has 2 heterocycles. The molecule has 1 aliphatic rings. The summed E-state index contributed by atoms with van der Waals surface area (Å²) in [6.45, 7) is 2.28. The molecule has 0 spiro atoms. The molecule has 1 aliphatic heterocycles. The van der Waals surface area contributed by atoms with Gasteiger partial charge in [-0.05, 0) is 53.6 Å². The number of ether oxygens (including phenoxy) is 3. The van der Waals surface area contributed by atoms with E-state index in [9.17, 15) is 0 Å². The maximum atomic E-state index is 5.61. The average molecular weight is 419 g/mol. The molecule has 2 aromatic carbocycles. The molecule has 0 amide bonds. The topological polar surface area (TPSA) is 52.6 Å². The first kappa shape index (κ1) is 21.2. The summed E-state index contributed by atoms with van der Waals surface area (Å²) in [7, 11) is 5.04. The van der Waals surface area contributed by atoms with Gasteiger partial charge in [0.05, 0.1) is 21.3 Å². The van der Waals surface area contributed by atoms with Crippen LogP contribution in [0.25, 0.3) is 0 Å². The van der Waals surface area contributed by atoms with Crippen LogP contribution in [0.15, 0.2) is 60.8 Å². The van der Waals surface area contributed by atoms with Crippen LogP contribution >= 0.6 is 0 Å². The molecule has 3 atom stereocenters. The first-order valence-corrected chi connectivity index (χ1v) is 10.7. The number of fused-ring (bicyclic) bond motifs is 1. The Labute approximate surface area is 184 Å². The highest BCUT2D eigenvalue weighted by Crippen LogP contribution is 2.43. The lowest BCUT2D eigenvalue weighted by molar-refractivity contribution is 0.337.